The van der Waals surface area contributed by atoms with Crippen LogP contribution in [0.3, 0.4) is 0 Å². The standard InChI is InChI=1S/C21H28O2S/c1-13-8-14(2)20(15(3)9-13)23-18-11-17(21(4,5)6)10-16(12-24-7)19(18)22/h8-11,22H,12H2,1-7H3. The second kappa shape index (κ2) is 7.10. The Balaban J connectivity index is 2.55. The maximum Gasteiger partial charge on any atom is 0.169 e. The lowest BCUT2D eigenvalue weighted by atomic mass is 9.86. The molecule has 2 rings (SSSR count). The van der Waals surface area contributed by atoms with Gasteiger partial charge in [0.15, 0.2) is 11.5 Å². The van der Waals surface area contributed by atoms with Crippen molar-refractivity contribution < 1.29 is 9.84 Å². The van der Waals surface area contributed by atoms with Gasteiger partial charge in [0.2, 0.25) is 0 Å². The quantitative estimate of drug-likeness (QED) is 0.708. The summed E-state index contributed by atoms with van der Waals surface area (Å²) in [6.45, 7) is 12.7. The molecule has 0 fully saturated rings. The number of hydrogen-bond donors (Lipinski definition) is 1. The lowest BCUT2D eigenvalue weighted by Crippen LogP contribution is -2.12. The van der Waals surface area contributed by atoms with E-state index in [0.29, 0.717) is 5.75 Å². The van der Waals surface area contributed by atoms with Crippen LogP contribution in [0.15, 0.2) is 24.3 Å². The Kier molecular flexibility index (Phi) is 5.54. The molecule has 0 aliphatic heterocycles. The Morgan fingerprint density at radius 2 is 1.58 bits per heavy atom. The molecule has 0 heterocycles. The molecule has 0 bridgehead atoms. The van der Waals surface area contributed by atoms with Crippen LogP contribution in [0.5, 0.6) is 17.2 Å². The van der Waals surface area contributed by atoms with E-state index in [1.165, 1.54) is 11.1 Å². The van der Waals surface area contributed by atoms with Crippen molar-refractivity contribution in [3.05, 3.63) is 52.1 Å². The summed E-state index contributed by atoms with van der Waals surface area (Å²) < 4.78 is 6.19. The van der Waals surface area contributed by atoms with Crippen LogP contribution in [0.25, 0.3) is 0 Å². The number of phenolic OH excluding ortho intramolecular Hbond substituents is 1. The van der Waals surface area contributed by atoms with E-state index in [-0.39, 0.29) is 11.2 Å². The van der Waals surface area contributed by atoms with Gasteiger partial charge >= 0.3 is 0 Å². The Hall–Kier alpha value is -1.61. The molecule has 0 aromatic heterocycles. The van der Waals surface area contributed by atoms with Crippen LogP contribution < -0.4 is 4.74 Å². The largest absolute Gasteiger partial charge is 0.504 e. The third-order valence-corrected chi connectivity index (χ3v) is 4.74. The number of aromatic hydroxyl groups is 1. The Bertz CT molecular complexity index is 719. The highest BCUT2D eigenvalue weighted by atomic mass is 32.2. The molecule has 130 valence electrons. The lowest BCUT2D eigenvalue weighted by Gasteiger charge is -2.23. The molecule has 0 spiro atoms. The lowest BCUT2D eigenvalue weighted by molar-refractivity contribution is 0.403. The summed E-state index contributed by atoms with van der Waals surface area (Å²) in [5, 5.41) is 10.7. The molecule has 0 radical (unpaired) electrons. The molecule has 0 saturated heterocycles. The van der Waals surface area contributed by atoms with E-state index < -0.39 is 0 Å². The normalized spacial score (nSPS) is 11.6. The molecule has 1 N–H and O–H groups in total. The third kappa shape index (κ3) is 4.07. The fraction of sp³-hybridized carbons (Fsp3) is 0.429. The zero-order valence-corrected chi connectivity index (χ0v) is 16.6. The topological polar surface area (TPSA) is 29.5 Å². The smallest absolute Gasteiger partial charge is 0.169 e. The first-order valence-corrected chi connectivity index (χ1v) is 9.64. The molecule has 2 nitrogen and oxygen atoms in total. The Labute approximate surface area is 150 Å². The van der Waals surface area contributed by atoms with E-state index in [1.807, 2.05) is 26.2 Å². The maximum atomic E-state index is 10.7. The van der Waals surface area contributed by atoms with Gasteiger partial charge in [0.25, 0.3) is 0 Å². The predicted octanol–water partition coefficient (Wildman–Crippen LogP) is 6.27. The Morgan fingerprint density at radius 1 is 1.00 bits per heavy atom. The van der Waals surface area contributed by atoms with Gasteiger partial charge in [0.1, 0.15) is 5.75 Å². The fourth-order valence-electron chi connectivity index (χ4n) is 2.88. The first-order chi connectivity index (χ1) is 11.1. The molecule has 0 amide bonds. The summed E-state index contributed by atoms with van der Waals surface area (Å²) >= 11 is 1.70. The van der Waals surface area contributed by atoms with Crippen molar-refractivity contribution >= 4 is 11.8 Å². The minimum atomic E-state index is -0.00364. The highest BCUT2D eigenvalue weighted by molar-refractivity contribution is 7.97. The average molecular weight is 345 g/mol. The SMILES string of the molecule is CSCc1cc(C(C)(C)C)cc(Oc2c(C)cc(C)cc2C)c1O. The first kappa shape index (κ1) is 18.7. The predicted molar refractivity (Wildman–Crippen MR) is 105 cm³/mol. The van der Waals surface area contributed by atoms with E-state index in [9.17, 15) is 5.11 Å². The van der Waals surface area contributed by atoms with Gasteiger partial charge in [-0.2, -0.15) is 11.8 Å². The molecular formula is C21H28O2S. The summed E-state index contributed by atoms with van der Waals surface area (Å²) in [6, 6.07) is 8.27. The molecule has 0 saturated carbocycles. The molecule has 0 unspecified atom stereocenters. The van der Waals surface area contributed by atoms with Crippen LogP contribution in [0, 0.1) is 20.8 Å². The van der Waals surface area contributed by atoms with Gasteiger partial charge < -0.3 is 9.84 Å². The van der Waals surface area contributed by atoms with Gasteiger partial charge in [-0.25, -0.2) is 0 Å². The Morgan fingerprint density at radius 3 is 2.08 bits per heavy atom. The number of thioether (sulfide) groups is 1. The summed E-state index contributed by atoms with van der Waals surface area (Å²) in [5.74, 6) is 2.38. The molecule has 0 aliphatic rings. The zero-order valence-electron chi connectivity index (χ0n) is 15.8. The molecule has 0 aliphatic carbocycles. The van der Waals surface area contributed by atoms with Crippen LogP contribution in [0.2, 0.25) is 0 Å². The van der Waals surface area contributed by atoms with E-state index >= 15 is 0 Å². The molecule has 2 aromatic carbocycles. The van der Waals surface area contributed by atoms with Crippen LogP contribution >= 0.6 is 11.8 Å². The van der Waals surface area contributed by atoms with Crippen molar-refractivity contribution in [2.75, 3.05) is 6.26 Å². The maximum absolute atomic E-state index is 10.7. The van der Waals surface area contributed by atoms with Crippen molar-refractivity contribution in [2.45, 2.75) is 52.7 Å². The number of benzene rings is 2. The summed E-state index contributed by atoms with van der Waals surface area (Å²) in [5.41, 5.74) is 5.47. The van der Waals surface area contributed by atoms with Crippen LogP contribution in [0.1, 0.15) is 48.6 Å². The highest BCUT2D eigenvalue weighted by Gasteiger charge is 2.20. The third-order valence-electron chi connectivity index (χ3n) is 4.14. The second-order valence-corrected chi connectivity index (χ2v) is 8.36. The summed E-state index contributed by atoms with van der Waals surface area (Å²) in [4.78, 5) is 0. The van der Waals surface area contributed by atoms with Crippen molar-refractivity contribution in [1.29, 1.82) is 0 Å². The van der Waals surface area contributed by atoms with E-state index in [2.05, 4.69) is 45.9 Å². The minimum absolute atomic E-state index is 0.00364. The van der Waals surface area contributed by atoms with Crippen LogP contribution in [0.4, 0.5) is 0 Å². The van der Waals surface area contributed by atoms with E-state index in [0.717, 1.165) is 28.2 Å². The van der Waals surface area contributed by atoms with Crippen molar-refractivity contribution in [2.24, 2.45) is 0 Å². The molecular weight excluding hydrogens is 316 g/mol. The van der Waals surface area contributed by atoms with Gasteiger partial charge in [-0.05, 0) is 55.2 Å². The number of hydrogen-bond acceptors (Lipinski definition) is 3. The van der Waals surface area contributed by atoms with Crippen molar-refractivity contribution in [3.8, 4) is 17.2 Å². The van der Waals surface area contributed by atoms with Crippen molar-refractivity contribution in [1.82, 2.24) is 0 Å². The monoisotopic (exact) mass is 344 g/mol. The highest BCUT2D eigenvalue weighted by Crippen LogP contribution is 2.41. The number of aryl methyl sites for hydroxylation is 3. The fourth-order valence-corrected chi connectivity index (χ4v) is 3.41. The first-order valence-electron chi connectivity index (χ1n) is 8.24. The van der Waals surface area contributed by atoms with Gasteiger partial charge in [-0.1, -0.05) is 44.5 Å². The summed E-state index contributed by atoms with van der Waals surface area (Å²) in [7, 11) is 0. The van der Waals surface area contributed by atoms with Crippen molar-refractivity contribution in [3.63, 3.8) is 0 Å². The van der Waals surface area contributed by atoms with E-state index in [4.69, 9.17) is 4.74 Å². The summed E-state index contributed by atoms with van der Waals surface area (Å²) in [6.07, 6.45) is 2.04. The van der Waals surface area contributed by atoms with Gasteiger partial charge in [-0.3, -0.25) is 0 Å². The number of rotatable bonds is 4. The molecule has 24 heavy (non-hydrogen) atoms. The minimum Gasteiger partial charge on any atom is -0.504 e. The molecule has 2 aromatic rings. The van der Waals surface area contributed by atoms with Gasteiger partial charge in [-0.15, -0.1) is 0 Å². The number of phenols is 1. The van der Waals surface area contributed by atoms with Gasteiger partial charge in [0, 0.05) is 11.3 Å². The second-order valence-electron chi connectivity index (χ2n) is 7.50. The molecule has 3 heteroatoms. The van der Waals surface area contributed by atoms with Gasteiger partial charge in [0.05, 0.1) is 0 Å². The van der Waals surface area contributed by atoms with E-state index in [1.54, 1.807) is 11.8 Å². The van der Waals surface area contributed by atoms with Crippen LogP contribution in [-0.2, 0) is 11.2 Å². The average Bonchev–Trinajstić information content (AvgIpc) is 2.45. The zero-order chi connectivity index (χ0) is 18.1. The molecule has 0 atom stereocenters. The number of ether oxygens (including phenoxy) is 1. The van der Waals surface area contributed by atoms with Crippen LogP contribution in [-0.4, -0.2) is 11.4 Å².